The Bertz CT molecular complexity index is 560. The molecule has 0 amide bonds. The van der Waals surface area contributed by atoms with Crippen molar-refractivity contribution in [3.05, 3.63) is 29.8 Å². The van der Waals surface area contributed by atoms with E-state index in [2.05, 4.69) is 30.3 Å². The molecule has 1 aromatic carbocycles. The fraction of sp³-hybridized carbons (Fsp3) is 0.533. The van der Waals surface area contributed by atoms with Gasteiger partial charge in [-0.15, -0.1) is 0 Å². The van der Waals surface area contributed by atoms with Crippen LogP contribution in [0.4, 0.5) is 4.39 Å². The van der Waals surface area contributed by atoms with Gasteiger partial charge in [0, 0.05) is 18.5 Å². The number of imidazole rings is 1. The maximum Gasteiger partial charge on any atom is 0.125 e. The summed E-state index contributed by atoms with van der Waals surface area (Å²) in [6.07, 6.45) is 2.08. The van der Waals surface area contributed by atoms with Gasteiger partial charge in [-0.25, -0.2) is 9.37 Å². The van der Waals surface area contributed by atoms with Crippen molar-refractivity contribution in [2.75, 3.05) is 6.54 Å². The van der Waals surface area contributed by atoms with Gasteiger partial charge in [-0.3, -0.25) is 0 Å². The Morgan fingerprint density at radius 3 is 2.68 bits per heavy atom. The molecule has 0 aliphatic heterocycles. The van der Waals surface area contributed by atoms with Gasteiger partial charge in [-0.1, -0.05) is 13.3 Å². The van der Waals surface area contributed by atoms with Gasteiger partial charge in [0.1, 0.15) is 11.6 Å². The Kier molecular flexibility index (Phi) is 4.20. The van der Waals surface area contributed by atoms with Crippen LogP contribution in [-0.4, -0.2) is 16.1 Å². The van der Waals surface area contributed by atoms with Crippen molar-refractivity contribution >= 4 is 11.0 Å². The number of hydrogen-bond donors (Lipinski definition) is 1. The Balaban J connectivity index is 2.62. The number of nitrogens with zero attached hydrogens (tertiary/aromatic N) is 2. The summed E-state index contributed by atoms with van der Waals surface area (Å²) in [5.41, 5.74) is 7.59. The van der Waals surface area contributed by atoms with Gasteiger partial charge in [-0.2, -0.15) is 0 Å². The zero-order valence-corrected chi connectivity index (χ0v) is 11.9. The molecular formula is C15H22FN3. The van der Waals surface area contributed by atoms with Crippen LogP contribution < -0.4 is 5.73 Å². The molecule has 4 heteroatoms. The van der Waals surface area contributed by atoms with Gasteiger partial charge < -0.3 is 10.3 Å². The second-order valence-electron chi connectivity index (χ2n) is 5.29. The van der Waals surface area contributed by atoms with Crippen molar-refractivity contribution in [2.24, 2.45) is 5.73 Å². The van der Waals surface area contributed by atoms with Gasteiger partial charge in [-0.05, 0) is 38.5 Å². The third-order valence-electron chi connectivity index (χ3n) is 3.48. The minimum Gasteiger partial charge on any atom is -0.330 e. The highest BCUT2D eigenvalue weighted by Gasteiger charge is 2.20. The summed E-state index contributed by atoms with van der Waals surface area (Å²) in [5, 5.41) is 0. The lowest BCUT2D eigenvalue weighted by Gasteiger charge is -2.19. The van der Waals surface area contributed by atoms with Crippen molar-refractivity contribution in [1.29, 1.82) is 0 Å². The first-order chi connectivity index (χ1) is 9.08. The first-order valence-corrected chi connectivity index (χ1v) is 6.95. The number of nitrogens with two attached hydrogens (primary N) is 1. The van der Waals surface area contributed by atoms with Crippen LogP contribution in [0.15, 0.2) is 18.2 Å². The van der Waals surface area contributed by atoms with Gasteiger partial charge in [0.05, 0.1) is 11.0 Å². The van der Waals surface area contributed by atoms with Crippen LogP contribution in [0.1, 0.15) is 51.4 Å². The van der Waals surface area contributed by atoms with Crippen molar-refractivity contribution in [1.82, 2.24) is 9.55 Å². The average Bonchev–Trinajstić information content (AvgIpc) is 2.74. The van der Waals surface area contributed by atoms with Crippen molar-refractivity contribution in [3.8, 4) is 0 Å². The predicted molar refractivity (Wildman–Crippen MR) is 76.8 cm³/mol. The van der Waals surface area contributed by atoms with E-state index in [1.165, 1.54) is 6.07 Å². The highest BCUT2D eigenvalue weighted by Crippen LogP contribution is 2.28. The molecule has 1 heterocycles. The number of aromatic nitrogens is 2. The monoisotopic (exact) mass is 263 g/mol. The number of rotatable bonds is 5. The molecule has 1 unspecified atom stereocenters. The molecule has 0 aliphatic rings. The van der Waals surface area contributed by atoms with Crippen LogP contribution in [-0.2, 0) is 0 Å². The molecule has 0 aliphatic carbocycles. The molecule has 19 heavy (non-hydrogen) atoms. The summed E-state index contributed by atoms with van der Waals surface area (Å²) in [6, 6.07) is 5.01. The molecule has 2 N–H and O–H groups in total. The molecule has 2 aromatic rings. The van der Waals surface area contributed by atoms with Crippen LogP contribution in [0.5, 0.6) is 0 Å². The number of halogens is 1. The van der Waals surface area contributed by atoms with E-state index in [4.69, 9.17) is 5.73 Å². The van der Waals surface area contributed by atoms with Crippen molar-refractivity contribution in [2.45, 2.75) is 45.6 Å². The van der Waals surface area contributed by atoms with E-state index in [-0.39, 0.29) is 17.8 Å². The summed E-state index contributed by atoms with van der Waals surface area (Å²) < 4.78 is 15.6. The highest BCUT2D eigenvalue weighted by molar-refractivity contribution is 5.76. The minimum absolute atomic E-state index is 0.222. The lowest BCUT2D eigenvalue weighted by molar-refractivity contribution is 0.514. The third kappa shape index (κ3) is 2.63. The molecular weight excluding hydrogens is 241 g/mol. The lowest BCUT2D eigenvalue weighted by Crippen LogP contribution is -2.18. The average molecular weight is 263 g/mol. The lowest BCUT2D eigenvalue weighted by atomic mass is 10.0. The zero-order valence-electron chi connectivity index (χ0n) is 11.9. The van der Waals surface area contributed by atoms with E-state index in [9.17, 15) is 4.39 Å². The second-order valence-corrected chi connectivity index (χ2v) is 5.29. The number of benzene rings is 1. The second kappa shape index (κ2) is 5.70. The van der Waals surface area contributed by atoms with E-state index >= 15 is 0 Å². The highest BCUT2D eigenvalue weighted by atomic mass is 19.1. The largest absolute Gasteiger partial charge is 0.330 e. The van der Waals surface area contributed by atoms with Crippen molar-refractivity contribution in [3.63, 3.8) is 0 Å². The Hall–Kier alpha value is -1.42. The molecule has 2 rings (SSSR count). The maximum atomic E-state index is 13.5. The van der Waals surface area contributed by atoms with E-state index in [0.717, 1.165) is 29.7 Å². The molecule has 0 bridgehead atoms. The van der Waals surface area contributed by atoms with Crippen LogP contribution in [0.3, 0.4) is 0 Å². The predicted octanol–water partition coefficient (Wildman–Crippen LogP) is 3.60. The summed E-state index contributed by atoms with van der Waals surface area (Å²) in [7, 11) is 0. The van der Waals surface area contributed by atoms with Crippen molar-refractivity contribution < 1.29 is 4.39 Å². The standard InChI is InChI=1S/C15H22FN3/c1-4-5-11(9-17)15-18-13-7-6-12(16)8-14(13)19(15)10(2)3/h6-8,10-11H,4-5,9,17H2,1-3H3. The Morgan fingerprint density at radius 1 is 1.37 bits per heavy atom. The molecule has 0 radical (unpaired) electrons. The number of hydrogen-bond acceptors (Lipinski definition) is 2. The Labute approximate surface area is 113 Å². The van der Waals surface area contributed by atoms with E-state index in [1.54, 1.807) is 12.1 Å². The summed E-state index contributed by atoms with van der Waals surface area (Å²) in [4.78, 5) is 4.68. The quantitative estimate of drug-likeness (QED) is 0.895. The zero-order chi connectivity index (χ0) is 14.0. The summed E-state index contributed by atoms with van der Waals surface area (Å²) in [5.74, 6) is 1.00. The first kappa shape index (κ1) is 14.0. The summed E-state index contributed by atoms with van der Waals surface area (Å²) >= 11 is 0. The molecule has 0 saturated carbocycles. The minimum atomic E-state index is -0.222. The topological polar surface area (TPSA) is 43.8 Å². The van der Waals surface area contributed by atoms with Gasteiger partial charge >= 0.3 is 0 Å². The van der Waals surface area contributed by atoms with Crippen LogP contribution in [0, 0.1) is 5.82 Å². The van der Waals surface area contributed by atoms with Crippen LogP contribution in [0.25, 0.3) is 11.0 Å². The Morgan fingerprint density at radius 2 is 2.11 bits per heavy atom. The smallest absolute Gasteiger partial charge is 0.125 e. The normalized spacial score (nSPS) is 13.4. The van der Waals surface area contributed by atoms with Gasteiger partial charge in [0.2, 0.25) is 0 Å². The van der Waals surface area contributed by atoms with Gasteiger partial charge in [0.15, 0.2) is 0 Å². The maximum absolute atomic E-state index is 13.5. The molecule has 3 nitrogen and oxygen atoms in total. The van der Waals surface area contributed by atoms with Crippen LogP contribution >= 0.6 is 0 Å². The SMILES string of the molecule is CCCC(CN)c1nc2ccc(F)cc2n1C(C)C. The summed E-state index contributed by atoms with van der Waals surface area (Å²) in [6.45, 7) is 6.90. The van der Waals surface area contributed by atoms with Crippen LogP contribution in [0.2, 0.25) is 0 Å². The number of fused-ring (bicyclic) bond motifs is 1. The van der Waals surface area contributed by atoms with Gasteiger partial charge in [0.25, 0.3) is 0 Å². The third-order valence-corrected chi connectivity index (χ3v) is 3.48. The molecule has 104 valence electrons. The van der Waals surface area contributed by atoms with E-state index < -0.39 is 0 Å². The first-order valence-electron chi connectivity index (χ1n) is 6.95. The fourth-order valence-corrected chi connectivity index (χ4v) is 2.62. The van der Waals surface area contributed by atoms with E-state index in [0.29, 0.717) is 6.54 Å². The van der Waals surface area contributed by atoms with E-state index in [1.807, 2.05) is 0 Å². The fourth-order valence-electron chi connectivity index (χ4n) is 2.62. The molecule has 0 fully saturated rings. The molecule has 1 aromatic heterocycles. The molecule has 0 saturated heterocycles. The molecule has 0 spiro atoms. The molecule has 1 atom stereocenters.